The molecule has 0 bridgehead atoms. The van der Waals surface area contributed by atoms with Crippen molar-refractivity contribution in [1.82, 2.24) is 0 Å². The Morgan fingerprint density at radius 2 is 1.15 bits per heavy atom. The van der Waals surface area contributed by atoms with Gasteiger partial charge in [-0.25, -0.2) is 0 Å². The summed E-state index contributed by atoms with van der Waals surface area (Å²) < 4.78 is 0. The Balaban J connectivity index is 1.62. The van der Waals surface area contributed by atoms with Crippen LogP contribution in [0.1, 0.15) is 5.56 Å². The zero-order chi connectivity index (χ0) is 22.8. The van der Waals surface area contributed by atoms with Crippen LogP contribution in [0.25, 0.3) is 44.2 Å². The van der Waals surface area contributed by atoms with Gasteiger partial charge in [-0.1, -0.05) is 97.1 Å². The van der Waals surface area contributed by atoms with E-state index in [9.17, 15) is 10.0 Å². The average molecular weight is 425 g/mol. The first-order valence-electron chi connectivity index (χ1n) is 10.7. The second-order valence-corrected chi connectivity index (χ2v) is 7.97. The molecule has 2 N–H and O–H groups in total. The lowest BCUT2D eigenvalue weighted by molar-refractivity contribution is 0.426. The molecule has 0 aliphatic carbocycles. The lowest BCUT2D eigenvalue weighted by atomic mass is 9.79. The van der Waals surface area contributed by atoms with Crippen LogP contribution in [0.15, 0.2) is 109 Å². The molecule has 0 fully saturated rings. The summed E-state index contributed by atoms with van der Waals surface area (Å²) >= 11 is 0. The van der Waals surface area contributed by atoms with Crippen molar-refractivity contribution in [3.8, 4) is 39.4 Å². The summed E-state index contributed by atoms with van der Waals surface area (Å²) in [5, 5.41) is 30.3. The third-order valence-corrected chi connectivity index (χ3v) is 5.97. The fourth-order valence-corrected chi connectivity index (χ4v) is 4.22. The monoisotopic (exact) mass is 425 g/mol. The van der Waals surface area contributed by atoms with E-state index in [4.69, 9.17) is 5.26 Å². The van der Waals surface area contributed by atoms with Crippen molar-refractivity contribution in [2.75, 3.05) is 0 Å². The summed E-state index contributed by atoms with van der Waals surface area (Å²) in [6.07, 6.45) is 0. The van der Waals surface area contributed by atoms with Gasteiger partial charge in [0, 0.05) is 0 Å². The van der Waals surface area contributed by atoms with E-state index in [0.717, 1.165) is 44.2 Å². The van der Waals surface area contributed by atoms with Crippen LogP contribution in [0.2, 0.25) is 0 Å². The van der Waals surface area contributed by atoms with Gasteiger partial charge in [-0.2, -0.15) is 5.26 Å². The Labute approximate surface area is 193 Å². The second-order valence-electron chi connectivity index (χ2n) is 7.97. The van der Waals surface area contributed by atoms with Crippen LogP contribution in [-0.2, 0) is 0 Å². The smallest absolute Gasteiger partial charge is 0.423 e. The third kappa shape index (κ3) is 4.04. The minimum absolute atomic E-state index is 0.465. The van der Waals surface area contributed by atoms with E-state index < -0.39 is 7.12 Å². The average Bonchev–Trinajstić information content (AvgIpc) is 2.88. The maximum atomic E-state index is 9.48. The van der Waals surface area contributed by atoms with Gasteiger partial charge in [0.25, 0.3) is 0 Å². The van der Waals surface area contributed by atoms with Crippen molar-refractivity contribution in [3.05, 3.63) is 115 Å². The molecule has 0 amide bonds. The molecule has 0 saturated carbocycles. The quantitative estimate of drug-likeness (QED) is 0.380. The number of hydrogen-bond acceptors (Lipinski definition) is 3. The Kier molecular flexibility index (Phi) is 5.50. The molecular formula is C29H20BNO2. The van der Waals surface area contributed by atoms with Gasteiger partial charge in [0.15, 0.2) is 0 Å². The van der Waals surface area contributed by atoms with E-state index >= 15 is 0 Å². The van der Waals surface area contributed by atoms with Gasteiger partial charge < -0.3 is 10.0 Å². The third-order valence-electron chi connectivity index (χ3n) is 5.97. The van der Waals surface area contributed by atoms with E-state index in [0.29, 0.717) is 11.0 Å². The molecule has 5 aromatic rings. The lowest BCUT2D eigenvalue weighted by Crippen LogP contribution is -2.29. The summed E-state index contributed by atoms with van der Waals surface area (Å²) in [6.45, 7) is 0. The first-order chi connectivity index (χ1) is 16.1. The maximum absolute atomic E-state index is 9.48. The molecule has 0 aliphatic heterocycles. The first-order valence-corrected chi connectivity index (χ1v) is 10.7. The fraction of sp³-hybridized carbons (Fsp3) is 0. The van der Waals surface area contributed by atoms with Gasteiger partial charge in [0.1, 0.15) is 0 Å². The zero-order valence-electron chi connectivity index (χ0n) is 17.8. The second kappa shape index (κ2) is 8.76. The highest BCUT2D eigenvalue weighted by Gasteiger charge is 2.14. The van der Waals surface area contributed by atoms with Gasteiger partial charge in [-0.05, 0) is 61.7 Å². The normalized spacial score (nSPS) is 10.7. The van der Waals surface area contributed by atoms with E-state index in [1.807, 2.05) is 48.5 Å². The Morgan fingerprint density at radius 3 is 1.79 bits per heavy atom. The van der Waals surface area contributed by atoms with Gasteiger partial charge in [-0.15, -0.1) is 0 Å². The van der Waals surface area contributed by atoms with Crippen molar-refractivity contribution in [1.29, 1.82) is 5.26 Å². The minimum Gasteiger partial charge on any atom is -0.423 e. The number of benzene rings is 5. The predicted molar refractivity (Wildman–Crippen MR) is 135 cm³/mol. The molecule has 0 atom stereocenters. The molecule has 0 unspecified atom stereocenters. The van der Waals surface area contributed by atoms with Crippen LogP contribution in [0.4, 0.5) is 0 Å². The summed E-state index contributed by atoms with van der Waals surface area (Å²) in [7, 11) is -1.49. The molecule has 4 heteroatoms. The molecule has 5 aromatic carbocycles. The summed E-state index contributed by atoms with van der Waals surface area (Å²) in [5.41, 5.74) is 7.60. The van der Waals surface area contributed by atoms with Crippen molar-refractivity contribution in [2.45, 2.75) is 0 Å². The van der Waals surface area contributed by atoms with Gasteiger partial charge in [0.05, 0.1) is 11.6 Å². The van der Waals surface area contributed by atoms with Crippen LogP contribution in [0.5, 0.6) is 0 Å². The predicted octanol–water partition coefficient (Wildman–Crippen LogP) is 5.39. The molecule has 0 aliphatic rings. The summed E-state index contributed by atoms with van der Waals surface area (Å²) in [5.74, 6) is 0. The van der Waals surface area contributed by atoms with Crippen LogP contribution in [-0.4, -0.2) is 17.2 Å². The highest BCUT2D eigenvalue weighted by Crippen LogP contribution is 2.38. The molecule has 0 saturated heterocycles. The highest BCUT2D eigenvalue weighted by atomic mass is 16.4. The Morgan fingerprint density at radius 1 is 0.576 bits per heavy atom. The molecular weight excluding hydrogens is 405 g/mol. The van der Waals surface area contributed by atoms with Crippen molar-refractivity contribution in [2.24, 2.45) is 0 Å². The van der Waals surface area contributed by atoms with E-state index in [-0.39, 0.29) is 0 Å². The topological polar surface area (TPSA) is 64.2 Å². The van der Waals surface area contributed by atoms with Gasteiger partial charge in [0.2, 0.25) is 0 Å². The van der Waals surface area contributed by atoms with Crippen molar-refractivity contribution < 1.29 is 10.0 Å². The van der Waals surface area contributed by atoms with Crippen LogP contribution >= 0.6 is 0 Å². The van der Waals surface area contributed by atoms with Crippen LogP contribution in [0.3, 0.4) is 0 Å². The molecule has 3 nitrogen and oxygen atoms in total. The van der Waals surface area contributed by atoms with E-state index in [1.54, 1.807) is 12.1 Å². The largest absolute Gasteiger partial charge is 0.488 e. The molecule has 0 aromatic heterocycles. The molecule has 0 spiro atoms. The summed E-state index contributed by atoms with van der Waals surface area (Å²) in [4.78, 5) is 0. The van der Waals surface area contributed by atoms with Gasteiger partial charge >= 0.3 is 7.12 Å². The maximum Gasteiger partial charge on any atom is 0.488 e. The lowest BCUT2D eigenvalue weighted by Gasteiger charge is -2.15. The van der Waals surface area contributed by atoms with Crippen LogP contribution < -0.4 is 5.46 Å². The van der Waals surface area contributed by atoms with E-state index in [1.165, 1.54) is 0 Å². The Bertz CT molecular complexity index is 1470. The molecule has 5 rings (SSSR count). The number of fused-ring (bicyclic) bond motifs is 1. The zero-order valence-corrected chi connectivity index (χ0v) is 17.8. The van der Waals surface area contributed by atoms with Crippen LogP contribution in [0, 0.1) is 11.3 Å². The van der Waals surface area contributed by atoms with Gasteiger partial charge in [-0.3, -0.25) is 0 Å². The number of nitriles is 1. The molecule has 156 valence electrons. The number of hydrogen-bond donors (Lipinski definition) is 2. The first kappa shape index (κ1) is 20.7. The SMILES string of the molecule is N#Cc1ccc(-c2ccc(-c3ccc4ccccc4c3-c3ccc(B(O)O)cc3)cc2)cc1. The highest BCUT2D eigenvalue weighted by molar-refractivity contribution is 6.58. The van der Waals surface area contributed by atoms with E-state index in [2.05, 4.69) is 54.6 Å². The fourth-order valence-electron chi connectivity index (χ4n) is 4.22. The van der Waals surface area contributed by atoms with Crippen molar-refractivity contribution in [3.63, 3.8) is 0 Å². The standard InChI is InChI=1S/C29H20BNO2/c31-19-20-5-7-21(8-6-20)22-9-11-24(12-10-22)28-18-15-23-3-1-2-4-27(23)29(28)25-13-16-26(17-14-25)30(32)33/h1-18,32-33H. The minimum atomic E-state index is -1.49. The number of nitrogens with zero attached hydrogens (tertiary/aromatic N) is 1. The van der Waals surface area contributed by atoms with Crippen molar-refractivity contribution >= 4 is 23.4 Å². The molecule has 0 radical (unpaired) electrons. The molecule has 33 heavy (non-hydrogen) atoms. The Hall–Kier alpha value is -4.17. The molecule has 0 heterocycles. The summed E-state index contributed by atoms with van der Waals surface area (Å²) in [6, 6.07) is 38.1. The number of rotatable bonds is 4.